The lowest BCUT2D eigenvalue weighted by Crippen LogP contribution is -2.39. The Hall–Kier alpha value is -0.820. The van der Waals surface area contributed by atoms with Gasteiger partial charge >= 0.3 is 0 Å². The van der Waals surface area contributed by atoms with Gasteiger partial charge in [-0.25, -0.2) is 0 Å². The van der Waals surface area contributed by atoms with Crippen LogP contribution in [0.5, 0.6) is 0 Å². The van der Waals surface area contributed by atoms with Gasteiger partial charge in [-0.2, -0.15) is 0 Å². The van der Waals surface area contributed by atoms with Crippen molar-refractivity contribution in [3.8, 4) is 0 Å². The standard InChI is InChI=1S/C18H27N/c1-13-6-9-18(19-2)17(10-13)12-14-7-8-15-4-3-5-16(15)11-14/h7-8,11,13,17-19H,3-6,9-10,12H2,1-2H3. The molecule has 1 saturated carbocycles. The molecule has 3 unspecified atom stereocenters. The minimum atomic E-state index is 0.726. The van der Waals surface area contributed by atoms with Crippen molar-refractivity contribution in [3.63, 3.8) is 0 Å². The number of nitrogens with one attached hydrogen (secondary N) is 1. The van der Waals surface area contributed by atoms with Crippen molar-refractivity contribution in [2.45, 2.75) is 57.9 Å². The zero-order chi connectivity index (χ0) is 13.2. The van der Waals surface area contributed by atoms with Crippen LogP contribution in [0, 0.1) is 11.8 Å². The Morgan fingerprint density at radius 3 is 2.84 bits per heavy atom. The van der Waals surface area contributed by atoms with Crippen LogP contribution in [0.1, 0.15) is 49.3 Å². The fourth-order valence-corrected chi connectivity index (χ4v) is 4.16. The summed E-state index contributed by atoms with van der Waals surface area (Å²) in [6.45, 7) is 2.42. The van der Waals surface area contributed by atoms with Gasteiger partial charge in [-0.05, 0) is 80.5 Å². The molecule has 1 fully saturated rings. The summed E-state index contributed by atoms with van der Waals surface area (Å²) in [6.07, 6.45) is 9.37. The number of aryl methyl sites for hydroxylation is 2. The molecule has 2 aliphatic rings. The van der Waals surface area contributed by atoms with Crippen LogP contribution >= 0.6 is 0 Å². The van der Waals surface area contributed by atoms with Crippen LogP contribution in [0.2, 0.25) is 0 Å². The second-order valence-corrected chi connectivity index (χ2v) is 6.73. The van der Waals surface area contributed by atoms with Crippen molar-refractivity contribution in [2.75, 3.05) is 7.05 Å². The summed E-state index contributed by atoms with van der Waals surface area (Å²) < 4.78 is 0. The average Bonchev–Trinajstić information content (AvgIpc) is 2.86. The van der Waals surface area contributed by atoms with Gasteiger partial charge in [-0.3, -0.25) is 0 Å². The molecule has 3 atom stereocenters. The van der Waals surface area contributed by atoms with Gasteiger partial charge in [-0.15, -0.1) is 0 Å². The molecule has 1 N–H and O–H groups in total. The molecule has 0 amide bonds. The van der Waals surface area contributed by atoms with E-state index in [1.54, 1.807) is 16.7 Å². The summed E-state index contributed by atoms with van der Waals surface area (Å²) >= 11 is 0. The molecule has 3 rings (SSSR count). The molecular formula is C18H27N. The maximum Gasteiger partial charge on any atom is 0.00957 e. The van der Waals surface area contributed by atoms with Gasteiger partial charge in [0.1, 0.15) is 0 Å². The molecule has 0 heterocycles. The third kappa shape index (κ3) is 2.86. The summed E-state index contributed by atoms with van der Waals surface area (Å²) in [6, 6.07) is 7.99. The zero-order valence-corrected chi connectivity index (χ0v) is 12.4. The van der Waals surface area contributed by atoms with Crippen LogP contribution in [-0.4, -0.2) is 13.1 Å². The highest BCUT2D eigenvalue weighted by atomic mass is 14.9. The first-order valence-corrected chi connectivity index (χ1v) is 8.04. The molecule has 0 spiro atoms. The number of fused-ring (bicyclic) bond motifs is 1. The van der Waals surface area contributed by atoms with Gasteiger partial charge in [0.25, 0.3) is 0 Å². The lowest BCUT2D eigenvalue weighted by atomic mass is 9.76. The van der Waals surface area contributed by atoms with E-state index in [9.17, 15) is 0 Å². The zero-order valence-electron chi connectivity index (χ0n) is 12.4. The van der Waals surface area contributed by atoms with Crippen LogP contribution in [0.15, 0.2) is 18.2 Å². The van der Waals surface area contributed by atoms with Crippen molar-refractivity contribution in [1.82, 2.24) is 5.32 Å². The molecule has 1 aromatic carbocycles. The van der Waals surface area contributed by atoms with Crippen LogP contribution in [0.4, 0.5) is 0 Å². The third-order valence-corrected chi connectivity index (χ3v) is 5.28. The summed E-state index contributed by atoms with van der Waals surface area (Å²) in [7, 11) is 2.14. The van der Waals surface area contributed by atoms with E-state index in [1.807, 2.05) is 0 Å². The van der Waals surface area contributed by atoms with Gasteiger partial charge in [0.15, 0.2) is 0 Å². The molecule has 0 saturated heterocycles. The van der Waals surface area contributed by atoms with Gasteiger partial charge in [0, 0.05) is 6.04 Å². The van der Waals surface area contributed by atoms with Gasteiger partial charge in [0.2, 0.25) is 0 Å². The minimum Gasteiger partial charge on any atom is -0.317 e. The number of rotatable bonds is 3. The number of hydrogen-bond acceptors (Lipinski definition) is 1. The Morgan fingerprint density at radius 2 is 2.00 bits per heavy atom. The van der Waals surface area contributed by atoms with E-state index in [1.165, 1.54) is 44.9 Å². The maximum atomic E-state index is 3.55. The van der Waals surface area contributed by atoms with Gasteiger partial charge in [0.05, 0.1) is 0 Å². The summed E-state index contributed by atoms with van der Waals surface area (Å²) in [5, 5.41) is 3.55. The first kappa shape index (κ1) is 13.2. The topological polar surface area (TPSA) is 12.0 Å². The Kier molecular flexibility index (Phi) is 3.93. The Bertz CT molecular complexity index is 437. The molecule has 19 heavy (non-hydrogen) atoms. The second kappa shape index (κ2) is 5.66. The molecule has 0 aliphatic heterocycles. The van der Waals surface area contributed by atoms with E-state index in [2.05, 4.69) is 37.5 Å². The van der Waals surface area contributed by atoms with Gasteiger partial charge in [-0.1, -0.05) is 25.1 Å². The fourth-order valence-electron chi connectivity index (χ4n) is 4.16. The van der Waals surface area contributed by atoms with E-state index in [0.29, 0.717) is 0 Å². The summed E-state index contributed by atoms with van der Waals surface area (Å²) in [4.78, 5) is 0. The lowest BCUT2D eigenvalue weighted by molar-refractivity contribution is 0.220. The van der Waals surface area contributed by atoms with Crippen molar-refractivity contribution >= 4 is 0 Å². The Balaban J connectivity index is 1.72. The predicted molar refractivity (Wildman–Crippen MR) is 81.5 cm³/mol. The number of hydrogen-bond donors (Lipinski definition) is 1. The third-order valence-electron chi connectivity index (χ3n) is 5.28. The van der Waals surface area contributed by atoms with Crippen molar-refractivity contribution in [1.29, 1.82) is 0 Å². The highest BCUT2D eigenvalue weighted by Crippen LogP contribution is 2.32. The van der Waals surface area contributed by atoms with E-state index in [-0.39, 0.29) is 0 Å². The van der Waals surface area contributed by atoms with Crippen LogP contribution in [0.3, 0.4) is 0 Å². The molecule has 1 aromatic rings. The highest BCUT2D eigenvalue weighted by Gasteiger charge is 2.27. The molecule has 1 heteroatoms. The van der Waals surface area contributed by atoms with E-state index >= 15 is 0 Å². The quantitative estimate of drug-likeness (QED) is 0.870. The smallest absolute Gasteiger partial charge is 0.00957 e. The first-order valence-electron chi connectivity index (χ1n) is 8.04. The first-order chi connectivity index (χ1) is 9.26. The van der Waals surface area contributed by atoms with Crippen molar-refractivity contribution in [2.24, 2.45) is 11.8 Å². The van der Waals surface area contributed by atoms with Crippen LogP contribution in [-0.2, 0) is 19.3 Å². The normalized spacial score (nSPS) is 30.3. The Morgan fingerprint density at radius 1 is 1.16 bits per heavy atom. The molecule has 104 valence electrons. The summed E-state index contributed by atoms with van der Waals surface area (Å²) in [5.41, 5.74) is 4.80. The fraction of sp³-hybridized carbons (Fsp3) is 0.667. The SMILES string of the molecule is CNC1CCC(C)CC1Cc1ccc2c(c1)CCC2. The van der Waals surface area contributed by atoms with E-state index in [0.717, 1.165) is 17.9 Å². The largest absolute Gasteiger partial charge is 0.317 e. The maximum absolute atomic E-state index is 3.55. The second-order valence-electron chi connectivity index (χ2n) is 6.73. The molecule has 2 aliphatic carbocycles. The average molecular weight is 257 g/mol. The lowest BCUT2D eigenvalue weighted by Gasteiger charge is -2.35. The monoisotopic (exact) mass is 257 g/mol. The molecule has 0 bridgehead atoms. The molecule has 0 aromatic heterocycles. The summed E-state index contributed by atoms with van der Waals surface area (Å²) in [5.74, 6) is 1.73. The number of benzene rings is 1. The predicted octanol–water partition coefficient (Wildman–Crippen LogP) is 3.74. The van der Waals surface area contributed by atoms with Gasteiger partial charge < -0.3 is 5.32 Å². The van der Waals surface area contributed by atoms with E-state index < -0.39 is 0 Å². The van der Waals surface area contributed by atoms with Crippen LogP contribution in [0.25, 0.3) is 0 Å². The molecular weight excluding hydrogens is 230 g/mol. The molecule has 0 radical (unpaired) electrons. The Labute approximate surface area is 117 Å². The molecule has 1 nitrogen and oxygen atoms in total. The van der Waals surface area contributed by atoms with Crippen LogP contribution < -0.4 is 5.32 Å². The minimum absolute atomic E-state index is 0.726. The van der Waals surface area contributed by atoms with Crippen molar-refractivity contribution < 1.29 is 0 Å². The van der Waals surface area contributed by atoms with E-state index in [4.69, 9.17) is 0 Å². The highest BCUT2D eigenvalue weighted by molar-refractivity contribution is 5.35. The van der Waals surface area contributed by atoms with Crippen molar-refractivity contribution in [3.05, 3.63) is 34.9 Å².